The van der Waals surface area contributed by atoms with Crippen molar-refractivity contribution in [2.75, 3.05) is 26.1 Å². The van der Waals surface area contributed by atoms with Crippen molar-refractivity contribution in [3.8, 4) is 28.7 Å². The van der Waals surface area contributed by atoms with Gasteiger partial charge in [0.1, 0.15) is 11.5 Å². The van der Waals surface area contributed by atoms with Gasteiger partial charge in [0.05, 0.1) is 42.3 Å². The van der Waals surface area contributed by atoms with E-state index >= 15 is 0 Å². The lowest BCUT2D eigenvalue weighted by molar-refractivity contribution is -0.126. The summed E-state index contributed by atoms with van der Waals surface area (Å²) < 4.78 is 10.7. The number of methoxy groups -OCH3 is 2. The van der Waals surface area contributed by atoms with Crippen LogP contribution in [0.15, 0.2) is 43.1 Å². The Kier molecular flexibility index (Phi) is 7.29. The number of hydrogen-bond donors (Lipinski definition) is 1. The van der Waals surface area contributed by atoms with Crippen LogP contribution in [0.5, 0.6) is 11.5 Å². The predicted molar refractivity (Wildman–Crippen MR) is 136 cm³/mol. The Balaban J connectivity index is 1.61. The summed E-state index contributed by atoms with van der Waals surface area (Å²) >= 11 is 13.1. The molecule has 180 valence electrons. The van der Waals surface area contributed by atoms with Gasteiger partial charge in [-0.3, -0.25) is 4.79 Å². The summed E-state index contributed by atoms with van der Waals surface area (Å²) in [5.74, 6) is 1.16. The van der Waals surface area contributed by atoms with Gasteiger partial charge in [-0.1, -0.05) is 35.8 Å². The number of nitrogens with zero attached hydrogens (tertiary/aromatic N) is 4. The van der Waals surface area contributed by atoms with Crippen molar-refractivity contribution in [3.63, 3.8) is 0 Å². The molecule has 10 heteroatoms. The standard InChI is InChI=1S/C25H23Cl2N5O3/c1-4-21(33)32-13-16(10-17(32)7-8-28)30-25-29-12-15-9-14(5-6-18(15)31-25)22-23(26)19(34-2)11-20(35-3)24(22)27/h4-6,9,11-12,16-17H,1,7,10,13H2,2-3H3,(H,29,30,31)/t16-,17+/m0/s1. The number of amides is 1. The molecule has 0 aliphatic carbocycles. The Morgan fingerprint density at radius 1 is 1.29 bits per heavy atom. The van der Waals surface area contributed by atoms with Crippen LogP contribution in [0.2, 0.25) is 10.0 Å². The number of hydrogen-bond acceptors (Lipinski definition) is 7. The lowest BCUT2D eigenvalue weighted by Crippen LogP contribution is -2.35. The van der Waals surface area contributed by atoms with Gasteiger partial charge in [-0.05, 0) is 30.2 Å². The molecule has 0 spiro atoms. The monoisotopic (exact) mass is 511 g/mol. The summed E-state index contributed by atoms with van der Waals surface area (Å²) in [6.45, 7) is 4.00. The minimum Gasteiger partial charge on any atom is -0.495 e. The quantitative estimate of drug-likeness (QED) is 0.440. The molecule has 1 amide bonds. The fourth-order valence-corrected chi connectivity index (χ4v) is 5.01. The Morgan fingerprint density at radius 3 is 2.63 bits per heavy atom. The molecule has 1 aliphatic rings. The molecular formula is C25H23Cl2N5O3. The van der Waals surface area contributed by atoms with Gasteiger partial charge in [0.15, 0.2) is 0 Å². The molecule has 1 saturated heterocycles. The molecule has 1 N–H and O–H groups in total. The number of likely N-dealkylation sites (tertiary alicyclic amines) is 1. The third-order valence-electron chi connectivity index (χ3n) is 5.97. The zero-order valence-electron chi connectivity index (χ0n) is 19.2. The first-order valence-electron chi connectivity index (χ1n) is 10.8. The summed E-state index contributed by atoms with van der Waals surface area (Å²) in [7, 11) is 3.06. The first-order valence-corrected chi connectivity index (χ1v) is 11.6. The zero-order valence-corrected chi connectivity index (χ0v) is 20.7. The van der Waals surface area contributed by atoms with E-state index in [1.54, 1.807) is 17.2 Å². The van der Waals surface area contributed by atoms with Crippen molar-refractivity contribution < 1.29 is 14.3 Å². The lowest BCUT2D eigenvalue weighted by Gasteiger charge is -2.20. The van der Waals surface area contributed by atoms with E-state index in [0.29, 0.717) is 46.0 Å². The number of halogens is 2. The van der Waals surface area contributed by atoms with Crippen molar-refractivity contribution in [2.45, 2.75) is 24.9 Å². The summed E-state index contributed by atoms with van der Waals surface area (Å²) in [5, 5.41) is 13.9. The number of anilines is 1. The number of nitrogens with one attached hydrogen (secondary N) is 1. The Hall–Kier alpha value is -3.54. The van der Waals surface area contributed by atoms with Gasteiger partial charge in [-0.15, -0.1) is 0 Å². The maximum atomic E-state index is 12.2. The fourth-order valence-electron chi connectivity index (χ4n) is 4.29. The van der Waals surface area contributed by atoms with Gasteiger partial charge in [0, 0.05) is 41.8 Å². The molecule has 0 saturated carbocycles. The molecule has 0 unspecified atom stereocenters. The van der Waals surface area contributed by atoms with E-state index in [4.69, 9.17) is 37.9 Å². The fraction of sp³-hybridized carbons (Fsp3) is 0.280. The molecule has 8 nitrogen and oxygen atoms in total. The third-order valence-corrected chi connectivity index (χ3v) is 6.72. The second-order valence-corrected chi connectivity index (χ2v) is 8.79. The van der Waals surface area contributed by atoms with E-state index in [0.717, 1.165) is 16.5 Å². The van der Waals surface area contributed by atoms with E-state index in [9.17, 15) is 4.79 Å². The Morgan fingerprint density at radius 2 is 2.00 bits per heavy atom. The number of ether oxygens (including phenoxy) is 2. The van der Waals surface area contributed by atoms with Crippen LogP contribution in [0.3, 0.4) is 0 Å². The maximum Gasteiger partial charge on any atom is 0.246 e. The number of rotatable bonds is 7. The predicted octanol–water partition coefficient (Wildman–Crippen LogP) is 5.10. The number of carbonyl (C=O) groups excluding carboxylic acids is 1. The minimum atomic E-state index is -0.187. The average molecular weight is 512 g/mol. The van der Waals surface area contributed by atoms with Crippen LogP contribution in [0.1, 0.15) is 12.8 Å². The molecule has 3 aromatic rings. The van der Waals surface area contributed by atoms with Crippen molar-refractivity contribution in [1.29, 1.82) is 5.26 Å². The van der Waals surface area contributed by atoms with Gasteiger partial charge in [0.2, 0.25) is 11.9 Å². The molecule has 2 heterocycles. The second kappa shape index (κ2) is 10.4. The van der Waals surface area contributed by atoms with Crippen LogP contribution >= 0.6 is 23.2 Å². The molecule has 1 fully saturated rings. The highest BCUT2D eigenvalue weighted by molar-refractivity contribution is 6.41. The minimum absolute atomic E-state index is 0.0733. The van der Waals surface area contributed by atoms with Gasteiger partial charge >= 0.3 is 0 Å². The first-order chi connectivity index (χ1) is 16.9. The largest absolute Gasteiger partial charge is 0.495 e. The molecule has 4 rings (SSSR count). The molecule has 2 atom stereocenters. The van der Waals surface area contributed by atoms with Gasteiger partial charge < -0.3 is 19.7 Å². The SMILES string of the molecule is C=CC(=O)N1C[C@@H](Nc2ncc3cc(-c4c(Cl)c(OC)cc(OC)c4Cl)ccc3n2)C[C@H]1CC#N. The molecule has 0 radical (unpaired) electrons. The van der Waals surface area contributed by atoms with Gasteiger partial charge in [-0.2, -0.15) is 5.26 Å². The number of benzene rings is 2. The maximum absolute atomic E-state index is 12.2. The van der Waals surface area contributed by atoms with E-state index in [1.165, 1.54) is 20.3 Å². The zero-order chi connectivity index (χ0) is 25.1. The van der Waals surface area contributed by atoms with E-state index in [1.807, 2.05) is 18.2 Å². The molecule has 1 aliphatic heterocycles. The molecule has 35 heavy (non-hydrogen) atoms. The van der Waals surface area contributed by atoms with Crippen LogP contribution in [0.4, 0.5) is 5.95 Å². The second-order valence-electron chi connectivity index (χ2n) is 8.04. The van der Waals surface area contributed by atoms with Crippen LogP contribution in [0.25, 0.3) is 22.0 Å². The Labute approximate surface area is 213 Å². The highest BCUT2D eigenvalue weighted by Gasteiger charge is 2.34. The molecule has 1 aromatic heterocycles. The lowest BCUT2D eigenvalue weighted by atomic mass is 10.0. The summed E-state index contributed by atoms with van der Waals surface area (Å²) in [6, 6.07) is 9.17. The van der Waals surface area contributed by atoms with E-state index in [-0.39, 0.29) is 24.4 Å². The molecule has 0 bridgehead atoms. The van der Waals surface area contributed by atoms with Crippen molar-refractivity contribution >= 4 is 46.0 Å². The van der Waals surface area contributed by atoms with Crippen LogP contribution < -0.4 is 14.8 Å². The van der Waals surface area contributed by atoms with Crippen molar-refractivity contribution in [3.05, 3.63) is 53.2 Å². The Bertz CT molecular complexity index is 1310. The van der Waals surface area contributed by atoms with Gasteiger partial charge in [-0.25, -0.2) is 9.97 Å². The van der Waals surface area contributed by atoms with Gasteiger partial charge in [0.25, 0.3) is 0 Å². The smallest absolute Gasteiger partial charge is 0.246 e. The summed E-state index contributed by atoms with van der Waals surface area (Å²) in [6.07, 6.45) is 3.87. The van der Waals surface area contributed by atoms with Crippen molar-refractivity contribution in [1.82, 2.24) is 14.9 Å². The summed E-state index contributed by atoms with van der Waals surface area (Å²) in [5.41, 5.74) is 2.08. The first kappa shape index (κ1) is 24.6. The van der Waals surface area contributed by atoms with E-state index < -0.39 is 0 Å². The number of carbonyl (C=O) groups is 1. The van der Waals surface area contributed by atoms with Crippen LogP contribution in [-0.2, 0) is 4.79 Å². The van der Waals surface area contributed by atoms with Crippen molar-refractivity contribution in [2.24, 2.45) is 0 Å². The average Bonchev–Trinajstić information content (AvgIpc) is 3.26. The highest BCUT2D eigenvalue weighted by atomic mass is 35.5. The van der Waals surface area contributed by atoms with Crippen LogP contribution in [-0.4, -0.2) is 53.6 Å². The van der Waals surface area contributed by atoms with E-state index in [2.05, 4.69) is 27.9 Å². The normalized spacial score (nSPS) is 17.2. The topological polar surface area (TPSA) is 100 Å². The summed E-state index contributed by atoms with van der Waals surface area (Å²) in [4.78, 5) is 22.9. The highest BCUT2D eigenvalue weighted by Crippen LogP contribution is 2.46. The molecule has 2 aromatic carbocycles. The third kappa shape index (κ3) is 4.83. The number of nitriles is 1. The van der Waals surface area contributed by atoms with Crippen LogP contribution in [0, 0.1) is 11.3 Å². The molecular weight excluding hydrogens is 489 g/mol. The number of aromatic nitrogens is 2. The number of fused-ring (bicyclic) bond motifs is 1.